The van der Waals surface area contributed by atoms with E-state index in [0.29, 0.717) is 6.42 Å². The Kier molecular flexibility index (Phi) is 4.14. The van der Waals surface area contributed by atoms with E-state index in [2.05, 4.69) is 16.2 Å². The zero-order chi connectivity index (χ0) is 16.6. The summed E-state index contributed by atoms with van der Waals surface area (Å²) < 4.78 is 13.2. The number of nitrogens with zero attached hydrogens (tertiary/aromatic N) is 1. The molecule has 2 aliphatic rings. The number of carbonyl (C=O) groups excluding carboxylic acids is 1. The van der Waals surface area contributed by atoms with E-state index in [0.717, 1.165) is 18.9 Å². The first kappa shape index (κ1) is 15.6. The largest absolute Gasteiger partial charge is 0.377 e. The molecule has 1 saturated carbocycles. The summed E-state index contributed by atoms with van der Waals surface area (Å²) in [7, 11) is 0. The van der Waals surface area contributed by atoms with Gasteiger partial charge in [0, 0.05) is 18.0 Å². The minimum atomic E-state index is -0.649. The van der Waals surface area contributed by atoms with Gasteiger partial charge in [-0.05, 0) is 31.4 Å². The molecule has 0 bridgehead atoms. The third-order valence-corrected chi connectivity index (χ3v) is 4.57. The number of hydrazine groups is 1. The van der Waals surface area contributed by atoms with E-state index in [1.54, 1.807) is 0 Å². The molecule has 1 aromatic rings. The molecular weight excluding hydrogens is 305 g/mol. The number of rotatable bonds is 4. The van der Waals surface area contributed by atoms with Crippen LogP contribution in [0.2, 0.25) is 0 Å². The first-order valence-corrected chi connectivity index (χ1v) is 7.46. The molecule has 1 saturated heterocycles. The summed E-state index contributed by atoms with van der Waals surface area (Å²) in [6, 6.07) is 3.13. The van der Waals surface area contributed by atoms with Crippen LogP contribution in [0.25, 0.3) is 0 Å². The van der Waals surface area contributed by atoms with Gasteiger partial charge in [-0.2, -0.15) is 0 Å². The fraction of sp³-hybridized carbons (Fsp3) is 0.500. The predicted octanol–water partition coefficient (Wildman–Crippen LogP) is 0.645. The molecule has 1 aliphatic heterocycles. The average Bonchev–Trinajstić information content (AvgIpc) is 2.92. The second-order valence-corrected chi connectivity index (χ2v) is 6.01. The lowest BCUT2D eigenvalue weighted by molar-refractivity contribution is -0.384. The molecule has 23 heavy (non-hydrogen) atoms. The molecule has 3 rings (SSSR count). The molecular formula is C14H18FN5O3. The van der Waals surface area contributed by atoms with Gasteiger partial charge >= 0.3 is 0 Å². The smallest absolute Gasteiger partial charge is 0.295 e. The number of fused-ring (bicyclic) bond motifs is 1. The Labute approximate surface area is 131 Å². The summed E-state index contributed by atoms with van der Waals surface area (Å²) in [6.07, 6.45) is 2.25. The van der Waals surface area contributed by atoms with Gasteiger partial charge < -0.3 is 11.1 Å². The molecule has 1 amide bonds. The first-order valence-electron chi connectivity index (χ1n) is 7.46. The topological polar surface area (TPSA) is 122 Å². The maximum Gasteiger partial charge on any atom is 0.295 e. The number of hydrogen-bond acceptors (Lipinski definition) is 6. The van der Waals surface area contributed by atoms with Crippen molar-refractivity contribution < 1.29 is 14.1 Å². The highest BCUT2D eigenvalue weighted by Gasteiger charge is 2.43. The number of primary amides is 1. The van der Waals surface area contributed by atoms with Gasteiger partial charge in [0.05, 0.1) is 11.0 Å². The third-order valence-electron chi connectivity index (χ3n) is 4.57. The van der Waals surface area contributed by atoms with Crippen LogP contribution in [0.3, 0.4) is 0 Å². The molecule has 1 heterocycles. The van der Waals surface area contributed by atoms with Gasteiger partial charge in [-0.25, -0.2) is 9.82 Å². The van der Waals surface area contributed by atoms with Gasteiger partial charge in [-0.3, -0.25) is 20.3 Å². The molecule has 4 unspecified atom stereocenters. The molecule has 0 spiro atoms. The van der Waals surface area contributed by atoms with Crippen molar-refractivity contribution in [2.45, 2.75) is 37.4 Å². The summed E-state index contributed by atoms with van der Waals surface area (Å²) in [5.41, 5.74) is 11.4. The fourth-order valence-corrected chi connectivity index (χ4v) is 3.47. The Morgan fingerprint density at radius 2 is 2.17 bits per heavy atom. The summed E-state index contributed by atoms with van der Waals surface area (Å²) >= 11 is 0. The van der Waals surface area contributed by atoms with Crippen LogP contribution in [-0.4, -0.2) is 29.0 Å². The number of benzene rings is 1. The average molecular weight is 323 g/mol. The molecule has 5 N–H and O–H groups in total. The van der Waals surface area contributed by atoms with E-state index in [-0.39, 0.29) is 29.4 Å². The Morgan fingerprint density at radius 3 is 2.87 bits per heavy atom. The number of anilines is 1. The second kappa shape index (κ2) is 6.09. The maximum atomic E-state index is 13.2. The number of hydrogen-bond donors (Lipinski definition) is 4. The van der Waals surface area contributed by atoms with Crippen LogP contribution >= 0.6 is 0 Å². The molecule has 1 aliphatic carbocycles. The lowest BCUT2D eigenvalue weighted by Gasteiger charge is -2.33. The van der Waals surface area contributed by atoms with E-state index >= 15 is 0 Å². The first-order chi connectivity index (χ1) is 11.0. The van der Waals surface area contributed by atoms with Crippen LogP contribution in [0.15, 0.2) is 18.2 Å². The van der Waals surface area contributed by atoms with Gasteiger partial charge in [0.15, 0.2) is 0 Å². The molecule has 124 valence electrons. The van der Waals surface area contributed by atoms with Crippen molar-refractivity contribution in [2.75, 3.05) is 5.32 Å². The SMILES string of the molecule is NC(=O)C1NNC2CCC(Nc3ccc(F)cc3[N+](=O)[O-])CC21. The van der Waals surface area contributed by atoms with Crippen LogP contribution in [0.4, 0.5) is 15.8 Å². The monoisotopic (exact) mass is 323 g/mol. The van der Waals surface area contributed by atoms with Crippen molar-refractivity contribution >= 4 is 17.3 Å². The molecule has 4 atom stereocenters. The van der Waals surface area contributed by atoms with Crippen molar-refractivity contribution in [1.29, 1.82) is 0 Å². The maximum absolute atomic E-state index is 13.2. The summed E-state index contributed by atoms with van der Waals surface area (Å²) in [6.45, 7) is 0. The van der Waals surface area contributed by atoms with Crippen molar-refractivity contribution in [3.05, 3.63) is 34.1 Å². The highest BCUT2D eigenvalue weighted by Crippen LogP contribution is 2.34. The van der Waals surface area contributed by atoms with Crippen LogP contribution in [0.5, 0.6) is 0 Å². The van der Waals surface area contributed by atoms with E-state index in [1.807, 2.05) is 0 Å². The van der Waals surface area contributed by atoms with Crippen LogP contribution in [0.1, 0.15) is 19.3 Å². The van der Waals surface area contributed by atoms with Crippen molar-refractivity contribution in [1.82, 2.24) is 10.9 Å². The number of halogens is 1. The summed E-state index contributed by atoms with van der Waals surface area (Å²) in [5, 5.41) is 14.2. The molecule has 9 heteroatoms. The number of nitro groups is 1. The number of nitrogens with one attached hydrogen (secondary N) is 3. The third kappa shape index (κ3) is 3.10. The van der Waals surface area contributed by atoms with Crippen molar-refractivity contribution in [3.8, 4) is 0 Å². The van der Waals surface area contributed by atoms with Gasteiger partial charge in [-0.1, -0.05) is 0 Å². The second-order valence-electron chi connectivity index (χ2n) is 6.01. The van der Waals surface area contributed by atoms with Crippen LogP contribution < -0.4 is 21.9 Å². The predicted molar refractivity (Wildman–Crippen MR) is 80.8 cm³/mol. The standard InChI is InChI=1S/C14H18FN5O3/c15-7-1-3-11(12(5-7)20(22)23)17-8-2-4-10-9(6-8)13(14(16)21)19-18-10/h1,3,5,8-10,13,17-19H,2,4,6H2,(H2,16,21). The van der Waals surface area contributed by atoms with E-state index in [9.17, 15) is 19.3 Å². The molecule has 8 nitrogen and oxygen atoms in total. The zero-order valence-corrected chi connectivity index (χ0v) is 12.3. The minimum Gasteiger partial charge on any atom is -0.377 e. The van der Waals surface area contributed by atoms with Crippen LogP contribution in [-0.2, 0) is 4.79 Å². The summed E-state index contributed by atoms with van der Waals surface area (Å²) in [4.78, 5) is 21.9. The highest BCUT2D eigenvalue weighted by molar-refractivity contribution is 5.80. The highest BCUT2D eigenvalue weighted by atomic mass is 19.1. The Bertz CT molecular complexity index is 641. The quantitative estimate of drug-likeness (QED) is 0.476. The van der Waals surface area contributed by atoms with E-state index < -0.39 is 22.7 Å². The van der Waals surface area contributed by atoms with Crippen molar-refractivity contribution in [3.63, 3.8) is 0 Å². The van der Waals surface area contributed by atoms with Crippen molar-refractivity contribution in [2.24, 2.45) is 11.7 Å². The van der Waals surface area contributed by atoms with E-state index in [4.69, 9.17) is 5.73 Å². The Balaban J connectivity index is 1.74. The number of carbonyl (C=O) groups is 1. The molecule has 2 fully saturated rings. The number of nitrogens with two attached hydrogens (primary N) is 1. The van der Waals surface area contributed by atoms with E-state index in [1.165, 1.54) is 12.1 Å². The lowest BCUT2D eigenvalue weighted by Crippen LogP contribution is -2.44. The van der Waals surface area contributed by atoms with Gasteiger partial charge in [0.2, 0.25) is 5.91 Å². The number of amides is 1. The fourth-order valence-electron chi connectivity index (χ4n) is 3.47. The Morgan fingerprint density at radius 1 is 1.39 bits per heavy atom. The Hall–Kier alpha value is -2.26. The molecule has 1 aromatic carbocycles. The summed E-state index contributed by atoms with van der Waals surface area (Å²) in [5.74, 6) is -1.04. The lowest BCUT2D eigenvalue weighted by atomic mass is 9.79. The van der Waals surface area contributed by atoms with Crippen LogP contribution in [0, 0.1) is 21.8 Å². The minimum absolute atomic E-state index is 0.0262. The normalized spacial score (nSPS) is 29.8. The zero-order valence-electron chi connectivity index (χ0n) is 12.3. The molecule has 0 radical (unpaired) electrons. The molecule has 0 aromatic heterocycles. The van der Waals surface area contributed by atoms with Gasteiger partial charge in [0.25, 0.3) is 5.69 Å². The van der Waals surface area contributed by atoms with Gasteiger partial charge in [0.1, 0.15) is 17.5 Å². The van der Waals surface area contributed by atoms with Gasteiger partial charge in [-0.15, -0.1) is 0 Å². The number of nitro benzene ring substituents is 1.